The van der Waals surface area contributed by atoms with Gasteiger partial charge in [0.2, 0.25) is 0 Å². The lowest BCUT2D eigenvalue weighted by Crippen LogP contribution is -2.15. The monoisotopic (exact) mass is 381 g/mol. The standard InChI is InChI=1S/C16H13BrFNO4/c1-22-15(20)11-7-14(13(18)8-12(11)17)19-16(21)23-9-10-5-3-2-4-6-10/h2-8H,9H2,1H3,(H,19,21). The number of nitrogens with one attached hydrogen (secondary N) is 1. The van der Waals surface area contributed by atoms with Crippen LogP contribution in [-0.4, -0.2) is 19.2 Å². The van der Waals surface area contributed by atoms with Gasteiger partial charge >= 0.3 is 12.1 Å². The fraction of sp³-hybridized carbons (Fsp3) is 0.125. The van der Waals surface area contributed by atoms with Crippen LogP contribution in [-0.2, 0) is 16.1 Å². The lowest BCUT2D eigenvalue weighted by Gasteiger charge is -2.10. The second kappa shape index (κ2) is 7.73. The summed E-state index contributed by atoms with van der Waals surface area (Å²) in [7, 11) is 1.21. The minimum atomic E-state index is -0.828. The third-order valence-electron chi connectivity index (χ3n) is 2.91. The molecule has 23 heavy (non-hydrogen) atoms. The van der Waals surface area contributed by atoms with E-state index in [-0.39, 0.29) is 22.3 Å². The van der Waals surface area contributed by atoms with Crippen molar-refractivity contribution < 1.29 is 23.5 Å². The number of amides is 1. The van der Waals surface area contributed by atoms with Crippen molar-refractivity contribution in [2.24, 2.45) is 0 Å². The summed E-state index contributed by atoms with van der Waals surface area (Å²) in [5.74, 6) is -1.36. The van der Waals surface area contributed by atoms with Crippen molar-refractivity contribution in [3.8, 4) is 0 Å². The van der Waals surface area contributed by atoms with Crippen LogP contribution in [0.4, 0.5) is 14.9 Å². The topological polar surface area (TPSA) is 64.6 Å². The van der Waals surface area contributed by atoms with Gasteiger partial charge < -0.3 is 9.47 Å². The lowest BCUT2D eigenvalue weighted by atomic mass is 10.2. The summed E-state index contributed by atoms with van der Waals surface area (Å²) < 4.78 is 23.7. The van der Waals surface area contributed by atoms with E-state index in [0.717, 1.165) is 11.6 Å². The van der Waals surface area contributed by atoms with E-state index in [9.17, 15) is 14.0 Å². The predicted octanol–water partition coefficient (Wildman–Crippen LogP) is 4.12. The summed E-state index contributed by atoms with van der Waals surface area (Å²) in [5, 5.41) is 2.26. The number of halogens is 2. The molecular formula is C16H13BrFNO4. The van der Waals surface area contributed by atoms with Crippen LogP contribution in [0.5, 0.6) is 0 Å². The van der Waals surface area contributed by atoms with E-state index < -0.39 is 17.9 Å². The van der Waals surface area contributed by atoms with Gasteiger partial charge in [-0.3, -0.25) is 5.32 Å². The summed E-state index contributed by atoms with van der Waals surface area (Å²) in [6.07, 6.45) is -0.828. The second-order valence-corrected chi connectivity index (χ2v) is 5.34. The smallest absolute Gasteiger partial charge is 0.412 e. The number of ether oxygens (including phenoxy) is 2. The van der Waals surface area contributed by atoms with E-state index in [1.165, 1.54) is 13.2 Å². The van der Waals surface area contributed by atoms with Crippen LogP contribution in [0.15, 0.2) is 46.9 Å². The number of anilines is 1. The largest absolute Gasteiger partial charge is 0.465 e. The van der Waals surface area contributed by atoms with Crippen molar-refractivity contribution in [1.82, 2.24) is 0 Å². The van der Waals surface area contributed by atoms with Gasteiger partial charge in [-0.1, -0.05) is 30.3 Å². The Morgan fingerprint density at radius 3 is 2.57 bits per heavy atom. The molecule has 0 aromatic heterocycles. The van der Waals surface area contributed by atoms with Crippen molar-refractivity contribution in [2.45, 2.75) is 6.61 Å². The molecule has 1 amide bonds. The summed E-state index contributed by atoms with van der Waals surface area (Å²) in [5.41, 5.74) is 0.716. The number of hydrogen-bond acceptors (Lipinski definition) is 4. The Morgan fingerprint density at radius 1 is 1.22 bits per heavy atom. The van der Waals surface area contributed by atoms with Gasteiger partial charge in [0.25, 0.3) is 0 Å². The molecule has 0 unspecified atom stereocenters. The van der Waals surface area contributed by atoms with Crippen LogP contribution in [0.25, 0.3) is 0 Å². The molecular weight excluding hydrogens is 369 g/mol. The Kier molecular flexibility index (Phi) is 5.70. The van der Waals surface area contributed by atoms with Crippen molar-refractivity contribution in [3.05, 3.63) is 63.9 Å². The quantitative estimate of drug-likeness (QED) is 0.808. The van der Waals surface area contributed by atoms with Crippen LogP contribution in [0.1, 0.15) is 15.9 Å². The molecule has 1 N–H and O–H groups in total. The summed E-state index contributed by atoms with van der Waals surface area (Å²) in [4.78, 5) is 23.3. The number of esters is 1. The first-order chi connectivity index (χ1) is 11.0. The molecule has 0 heterocycles. The van der Waals surface area contributed by atoms with E-state index in [1.807, 2.05) is 18.2 Å². The lowest BCUT2D eigenvalue weighted by molar-refractivity contribution is 0.0599. The van der Waals surface area contributed by atoms with Gasteiger partial charge in [-0.25, -0.2) is 14.0 Å². The number of methoxy groups -OCH3 is 1. The Labute approximate surface area is 140 Å². The molecule has 0 saturated heterocycles. The molecule has 5 nitrogen and oxygen atoms in total. The predicted molar refractivity (Wildman–Crippen MR) is 85.7 cm³/mol. The van der Waals surface area contributed by atoms with Crippen LogP contribution >= 0.6 is 15.9 Å². The molecule has 2 rings (SSSR count). The molecule has 0 aliphatic carbocycles. The average Bonchev–Trinajstić information content (AvgIpc) is 2.55. The number of benzene rings is 2. The molecule has 2 aromatic carbocycles. The molecule has 0 atom stereocenters. The zero-order valence-corrected chi connectivity index (χ0v) is 13.7. The van der Waals surface area contributed by atoms with Crippen molar-refractivity contribution in [1.29, 1.82) is 0 Å². The molecule has 7 heteroatoms. The molecule has 120 valence electrons. The van der Waals surface area contributed by atoms with Gasteiger partial charge in [0, 0.05) is 4.47 Å². The highest BCUT2D eigenvalue weighted by molar-refractivity contribution is 9.10. The van der Waals surface area contributed by atoms with Gasteiger partial charge in [0.1, 0.15) is 12.4 Å². The highest BCUT2D eigenvalue weighted by Gasteiger charge is 2.16. The average molecular weight is 382 g/mol. The Hall–Kier alpha value is -2.41. The van der Waals surface area contributed by atoms with Crippen LogP contribution in [0.2, 0.25) is 0 Å². The van der Waals surface area contributed by atoms with Crippen LogP contribution in [0.3, 0.4) is 0 Å². The van der Waals surface area contributed by atoms with E-state index in [2.05, 4.69) is 26.0 Å². The fourth-order valence-electron chi connectivity index (χ4n) is 1.78. The van der Waals surface area contributed by atoms with E-state index in [4.69, 9.17) is 4.74 Å². The maximum atomic E-state index is 13.9. The van der Waals surface area contributed by atoms with Gasteiger partial charge in [0.15, 0.2) is 0 Å². The third-order valence-corrected chi connectivity index (χ3v) is 3.57. The number of carbonyl (C=O) groups is 2. The summed E-state index contributed by atoms with van der Waals surface area (Å²) in [6.45, 7) is 0.0503. The maximum Gasteiger partial charge on any atom is 0.412 e. The summed E-state index contributed by atoms with van der Waals surface area (Å²) in [6, 6.07) is 11.3. The van der Waals surface area contributed by atoms with Crippen molar-refractivity contribution in [2.75, 3.05) is 12.4 Å². The molecule has 0 fully saturated rings. The number of hydrogen-bond donors (Lipinski definition) is 1. The summed E-state index contributed by atoms with van der Waals surface area (Å²) >= 11 is 3.07. The Balaban J connectivity index is 2.07. The number of carbonyl (C=O) groups excluding carboxylic acids is 2. The molecule has 0 spiro atoms. The minimum Gasteiger partial charge on any atom is -0.465 e. The highest BCUT2D eigenvalue weighted by atomic mass is 79.9. The molecule has 2 aromatic rings. The van der Waals surface area contributed by atoms with Gasteiger partial charge in [-0.2, -0.15) is 0 Å². The third kappa shape index (κ3) is 4.53. The zero-order chi connectivity index (χ0) is 16.8. The van der Waals surface area contributed by atoms with Gasteiger partial charge in [-0.05, 0) is 33.6 Å². The number of rotatable bonds is 4. The first-order valence-corrected chi connectivity index (χ1v) is 7.35. The van der Waals surface area contributed by atoms with E-state index in [0.29, 0.717) is 0 Å². The van der Waals surface area contributed by atoms with Crippen molar-refractivity contribution >= 4 is 33.7 Å². The minimum absolute atomic E-state index is 0.0503. The molecule has 0 aliphatic heterocycles. The molecule has 0 aliphatic rings. The van der Waals surface area contributed by atoms with Crippen molar-refractivity contribution in [3.63, 3.8) is 0 Å². The van der Waals surface area contributed by atoms with Gasteiger partial charge in [0.05, 0.1) is 18.4 Å². The first kappa shape index (κ1) is 17.0. The van der Waals surface area contributed by atoms with E-state index in [1.54, 1.807) is 12.1 Å². The maximum absolute atomic E-state index is 13.9. The van der Waals surface area contributed by atoms with E-state index >= 15 is 0 Å². The normalized spacial score (nSPS) is 10.0. The Morgan fingerprint density at radius 2 is 1.91 bits per heavy atom. The fourth-order valence-corrected chi connectivity index (χ4v) is 2.26. The highest BCUT2D eigenvalue weighted by Crippen LogP contribution is 2.25. The Bertz CT molecular complexity index is 722. The first-order valence-electron chi connectivity index (χ1n) is 6.56. The SMILES string of the molecule is COC(=O)c1cc(NC(=O)OCc2ccccc2)c(F)cc1Br. The molecule has 0 radical (unpaired) electrons. The second-order valence-electron chi connectivity index (χ2n) is 4.49. The van der Waals surface area contributed by atoms with Gasteiger partial charge in [-0.15, -0.1) is 0 Å². The molecule has 0 bridgehead atoms. The van der Waals surface area contributed by atoms with Crippen LogP contribution < -0.4 is 5.32 Å². The molecule has 0 saturated carbocycles. The van der Waals surface area contributed by atoms with Crippen LogP contribution in [0, 0.1) is 5.82 Å². The zero-order valence-electron chi connectivity index (χ0n) is 12.1.